The van der Waals surface area contributed by atoms with Gasteiger partial charge in [-0.3, -0.25) is 0 Å². The van der Waals surface area contributed by atoms with E-state index < -0.39 is 10.0 Å². The van der Waals surface area contributed by atoms with Gasteiger partial charge in [0.15, 0.2) is 5.11 Å². The third-order valence-electron chi connectivity index (χ3n) is 4.40. The molecule has 1 atom stereocenters. The molecule has 0 fully saturated rings. The van der Waals surface area contributed by atoms with E-state index in [0.717, 1.165) is 13.0 Å². The first-order valence-electron chi connectivity index (χ1n) is 7.97. The molecule has 134 valence electrons. The summed E-state index contributed by atoms with van der Waals surface area (Å²) < 4.78 is 25.8. The van der Waals surface area contributed by atoms with E-state index in [4.69, 9.17) is 12.2 Å². The van der Waals surface area contributed by atoms with E-state index in [0.29, 0.717) is 10.8 Å². The minimum absolute atomic E-state index is 0.212. The summed E-state index contributed by atoms with van der Waals surface area (Å²) in [5.41, 5.74) is 2.00. The van der Waals surface area contributed by atoms with Crippen LogP contribution in [0.3, 0.4) is 0 Å². The van der Waals surface area contributed by atoms with Gasteiger partial charge in [0.2, 0.25) is 10.0 Å². The number of nitrogens with one attached hydrogen (secondary N) is 1. The molecule has 2 heterocycles. The highest BCUT2D eigenvalue weighted by Crippen LogP contribution is 2.33. The summed E-state index contributed by atoms with van der Waals surface area (Å²) >= 11 is 7.38. The molecule has 0 saturated heterocycles. The Morgan fingerprint density at radius 2 is 2.12 bits per heavy atom. The van der Waals surface area contributed by atoms with Crippen molar-refractivity contribution in [3.05, 3.63) is 46.2 Å². The number of sulfonamides is 1. The summed E-state index contributed by atoms with van der Waals surface area (Å²) in [6.45, 7) is 3.00. The van der Waals surface area contributed by atoms with Crippen molar-refractivity contribution in [3.63, 3.8) is 0 Å². The predicted molar refractivity (Wildman–Crippen MR) is 107 cm³/mol. The van der Waals surface area contributed by atoms with E-state index in [1.165, 1.54) is 28.8 Å². The molecule has 0 spiro atoms. The first kappa shape index (κ1) is 18.3. The normalized spacial score (nSPS) is 17.4. The Morgan fingerprint density at radius 3 is 2.84 bits per heavy atom. The minimum Gasteiger partial charge on any atom is -0.342 e. The molecular formula is C17H21N3O2S3. The van der Waals surface area contributed by atoms with Crippen molar-refractivity contribution >= 4 is 44.4 Å². The molecule has 1 aromatic carbocycles. The number of thiophene rings is 1. The van der Waals surface area contributed by atoms with Crippen LogP contribution < -0.4 is 5.32 Å². The maximum atomic E-state index is 12.3. The summed E-state index contributed by atoms with van der Waals surface area (Å²) in [6, 6.07) is 9.12. The monoisotopic (exact) mass is 395 g/mol. The van der Waals surface area contributed by atoms with E-state index in [1.807, 2.05) is 6.07 Å². The van der Waals surface area contributed by atoms with Gasteiger partial charge in [0.1, 0.15) is 0 Å². The number of fused-ring (bicyclic) bond motifs is 1. The fourth-order valence-electron chi connectivity index (χ4n) is 2.93. The molecule has 5 nitrogen and oxygen atoms in total. The van der Waals surface area contributed by atoms with E-state index in [2.05, 4.69) is 28.6 Å². The maximum Gasteiger partial charge on any atom is 0.242 e. The molecule has 0 bridgehead atoms. The summed E-state index contributed by atoms with van der Waals surface area (Å²) in [5.74, 6) is 0. The van der Waals surface area contributed by atoms with Crippen LogP contribution in [0.25, 0.3) is 0 Å². The molecule has 1 N–H and O–H groups in total. The molecule has 3 rings (SSSR count). The van der Waals surface area contributed by atoms with Gasteiger partial charge in [-0.05, 0) is 60.8 Å². The van der Waals surface area contributed by atoms with Gasteiger partial charge in [0, 0.05) is 31.2 Å². The van der Waals surface area contributed by atoms with Crippen molar-refractivity contribution in [3.8, 4) is 0 Å². The second-order valence-corrected chi connectivity index (χ2v) is 9.70. The lowest BCUT2D eigenvalue weighted by atomic mass is 10.0. The summed E-state index contributed by atoms with van der Waals surface area (Å²) in [6.07, 6.45) is 0.980. The Hall–Kier alpha value is -1.48. The number of hydrogen-bond acceptors (Lipinski definition) is 4. The van der Waals surface area contributed by atoms with Crippen molar-refractivity contribution in [1.82, 2.24) is 9.21 Å². The lowest BCUT2D eigenvalue weighted by molar-refractivity contribution is 0.326. The van der Waals surface area contributed by atoms with Crippen LogP contribution in [-0.2, 0) is 16.4 Å². The van der Waals surface area contributed by atoms with Gasteiger partial charge in [-0.15, -0.1) is 11.3 Å². The highest BCUT2D eigenvalue weighted by atomic mass is 32.2. The summed E-state index contributed by atoms with van der Waals surface area (Å²) in [7, 11) is -0.422. The van der Waals surface area contributed by atoms with Crippen LogP contribution in [-0.4, -0.2) is 43.4 Å². The van der Waals surface area contributed by atoms with Crippen LogP contribution in [0.1, 0.15) is 23.4 Å². The SMILES string of the molecule is C[C@H]1c2ccsc2CCN1C(=S)Nc1cccc(S(=O)(=O)N(C)C)c1. The van der Waals surface area contributed by atoms with Crippen LogP contribution in [0.15, 0.2) is 40.6 Å². The fourth-order valence-corrected chi connectivity index (χ4v) is 5.21. The second kappa shape index (κ2) is 7.03. The number of rotatable bonds is 3. The molecule has 0 unspecified atom stereocenters. The highest BCUT2D eigenvalue weighted by molar-refractivity contribution is 7.89. The van der Waals surface area contributed by atoms with Gasteiger partial charge in [0.05, 0.1) is 10.9 Å². The molecule has 8 heteroatoms. The number of thiocarbonyl (C=S) groups is 1. The number of nitrogens with zero attached hydrogens (tertiary/aromatic N) is 2. The quantitative estimate of drug-likeness (QED) is 0.808. The first-order chi connectivity index (χ1) is 11.8. The van der Waals surface area contributed by atoms with Crippen LogP contribution >= 0.6 is 23.6 Å². The number of hydrogen-bond donors (Lipinski definition) is 1. The zero-order valence-electron chi connectivity index (χ0n) is 14.4. The van der Waals surface area contributed by atoms with Crippen molar-refractivity contribution in [2.75, 3.05) is 26.0 Å². The van der Waals surface area contributed by atoms with Gasteiger partial charge in [0.25, 0.3) is 0 Å². The average Bonchev–Trinajstić information content (AvgIpc) is 3.04. The topological polar surface area (TPSA) is 52.7 Å². The summed E-state index contributed by atoms with van der Waals surface area (Å²) in [4.78, 5) is 3.82. The van der Waals surface area contributed by atoms with E-state index >= 15 is 0 Å². The summed E-state index contributed by atoms with van der Waals surface area (Å²) in [5, 5.41) is 5.93. The molecule has 1 aromatic heterocycles. The van der Waals surface area contributed by atoms with Gasteiger partial charge in [-0.2, -0.15) is 0 Å². The Kier molecular flexibility index (Phi) is 5.15. The largest absolute Gasteiger partial charge is 0.342 e. The predicted octanol–water partition coefficient (Wildman–Crippen LogP) is 3.31. The molecular weight excluding hydrogens is 374 g/mol. The highest BCUT2D eigenvalue weighted by Gasteiger charge is 2.26. The zero-order valence-corrected chi connectivity index (χ0v) is 16.8. The van der Waals surface area contributed by atoms with Gasteiger partial charge in [-0.1, -0.05) is 6.07 Å². The van der Waals surface area contributed by atoms with Crippen LogP contribution in [0, 0.1) is 0 Å². The Morgan fingerprint density at radius 1 is 1.36 bits per heavy atom. The molecule has 0 amide bonds. The Labute approximate surface area is 158 Å². The van der Waals surface area contributed by atoms with Gasteiger partial charge >= 0.3 is 0 Å². The molecule has 25 heavy (non-hydrogen) atoms. The number of anilines is 1. The average molecular weight is 396 g/mol. The van der Waals surface area contributed by atoms with Crippen molar-refractivity contribution in [1.29, 1.82) is 0 Å². The molecule has 0 aliphatic carbocycles. The molecule has 0 saturated carbocycles. The molecule has 0 radical (unpaired) electrons. The van der Waals surface area contributed by atoms with Crippen molar-refractivity contribution in [2.45, 2.75) is 24.3 Å². The van der Waals surface area contributed by atoms with E-state index in [9.17, 15) is 8.42 Å². The van der Waals surface area contributed by atoms with Gasteiger partial charge < -0.3 is 10.2 Å². The smallest absolute Gasteiger partial charge is 0.242 e. The van der Waals surface area contributed by atoms with Crippen molar-refractivity contribution in [2.24, 2.45) is 0 Å². The third kappa shape index (κ3) is 3.57. The maximum absolute atomic E-state index is 12.3. The van der Waals surface area contributed by atoms with Gasteiger partial charge in [-0.25, -0.2) is 12.7 Å². The standard InChI is InChI=1S/C17H21N3O2S3/c1-12-15-8-10-24-16(15)7-9-20(12)17(23)18-13-5-4-6-14(11-13)25(21,22)19(2)3/h4-6,8,10-12H,7,9H2,1-3H3,(H,18,23)/t12-/m0/s1. The first-order valence-corrected chi connectivity index (χ1v) is 10.7. The number of benzene rings is 1. The lowest BCUT2D eigenvalue weighted by Gasteiger charge is -2.35. The molecule has 1 aliphatic heterocycles. The van der Waals surface area contributed by atoms with Crippen LogP contribution in [0.4, 0.5) is 5.69 Å². The van der Waals surface area contributed by atoms with E-state index in [-0.39, 0.29) is 10.9 Å². The molecule has 2 aromatic rings. The fraction of sp³-hybridized carbons (Fsp3) is 0.353. The van der Waals surface area contributed by atoms with Crippen LogP contribution in [0.2, 0.25) is 0 Å². The van der Waals surface area contributed by atoms with E-state index in [1.54, 1.807) is 29.5 Å². The molecule has 1 aliphatic rings. The zero-order chi connectivity index (χ0) is 18.2. The Balaban J connectivity index is 1.78. The lowest BCUT2D eigenvalue weighted by Crippen LogP contribution is -2.40. The minimum atomic E-state index is -3.47. The van der Waals surface area contributed by atoms with Crippen LogP contribution in [0.5, 0.6) is 0 Å². The second-order valence-electron chi connectivity index (χ2n) is 6.16. The Bertz CT molecular complexity index is 890. The van der Waals surface area contributed by atoms with Crippen molar-refractivity contribution < 1.29 is 8.42 Å². The third-order valence-corrected chi connectivity index (χ3v) is 7.55.